The fraction of sp³-hybridized carbons (Fsp3) is 0.500. The lowest BCUT2D eigenvalue weighted by Crippen LogP contribution is -2.49. The van der Waals surface area contributed by atoms with Crippen molar-refractivity contribution in [2.45, 2.75) is 13.8 Å². The lowest BCUT2D eigenvalue weighted by atomic mass is 10.1. The van der Waals surface area contributed by atoms with E-state index in [1.165, 1.54) is 13.2 Å². The van der Waals surface area contributed by atoms with Crippen molar-refractivity contribution in [2.75, 3.05) is 46.4 Å². The molecule has 1 aliphatic heterocycles. The van der Waals surface area contributed by atoms with Gasteiger partial charge in [-0.3, -0.25) is 19.8 Å². The quantitative estimate of drug-likeness (QED) is 0.291. The predicted molar refractivity (Wildman–Crippen MR) is 111 cm³/mol. The second kappa shape index (κ2) is 10.8. The Kier molecular flexibility index (Phi) is 8.45. The number of esters is 1. The zero-order valence-electron chi connectivity index (χ0n) is 17.1. The Morgan fingerprint density at radius 2 is 1.90 bits per heavy atom. The van der Waals surface area contributed by atoms with Crippen molar-refractivity contribution in [1.82, 2.24) is 9.80 Å². The van der Waals surface area contributed by atoms with E-state index in [0.29, 0.717) is 19.6 Å². The summed E-state index contributed by atoms with van der Waals surface area (Å²) >= 11 is 6.01. The summed E-state index contributed by atoms with van der Waals surface area (Å²) < 4.78 is 10.0. The molecule has 162 valence electrons. The highest BCUT2D eigenvalue weighted by Crippen LogP contribution is 2.35. The molecule has 0 aromatic heterocycles. The number of carbonyl (C=O) groups is 2. The molecule has 1 aliphatic rings. The maximum atomic E-state index is 12.0. The predicted octanol–water partition coefficient (Wildman–Crippen LogP) is 2.22. The van der Waals surface area contributed by atoms with Crippen molar-refractivity contribution in [1.29, 1.82) is 0 Å². The van der Waals surface area contributed by atoms with Crippen LogP contribution in [0.25, 0.3) is 0 Å². The van der Waals surface area contributed by atoms with Crippen LogP contribution in [0.1, 0.15) is 24.2 Å². The zero-order valence-corrected chi connectivity index (χ0v) is 17.9. The number of nitro benzene ring substituents is 1. The smallest absolute Gasteiger partial charge is 0.338 e. The summed E-state index contributed by atoms with van der Waals surface area (Å²) in [7, 11) is 1.17. The Morgan fingerprint density at radius 1 is 1.23 bits per heavy atom. The summed E-state index contributed by atoms with van der Waals surface area (Å²) in [5.41, 5.74) is -0.485. The number of methoxy groups -OCH3 is 1. The Morgan fingerprint density at radius 3 is 2.47 bits per heavy atom. The third kappa shape index (κ3) is 6.08. The first-order valence-electron chi connectivity index (χ1n) is 9.40. The standard InChI is InChI=1S/C20H24ClN3O6/c1-14(2)19(25)23-9-7-22(8-10-23)6-4-5-11-30-17-13-15(20(26)29-3)12-16(18(17)21)24(27)28/h12-14H,6-11H2,1-3H3. The first-order valence-corrected chi connectivity index (χ1v) is 9.78. The summed E-state index contributed by atoms with van der Waals surface area (Å²) in [6.07, 6.45) is 0. The molecule has 30 heavy (non-hydrogen) atoms. The summed E-state index contributed by atoms with van der Waals surface area (Å²) in [6.45, 7) is 7.09. The molecule has 0 bridgehead atoms. The van der Waals surface area contributed by atoms with Crippen LogP contribution in [0.3, 0.4) is 0 Å². The molecule has 0 unspecified atom stereocenters. The van der Waals surface area contributed by atoms with Gasteiger partial charge in [-0.15, -0.1) is 0 Å². The molecule has 0 aliphatic carbocycles. The molecule has 1 aromatic rings. The van der Waals surface area contributed by atoms with Crippen molar-refractivity contribution >= 4 is 29.2 Å². The van der Waals surface area contributed by atoms with Gasteiger partial charge in [-0.1, -0.05) is 37.3 Å². The highest BCUT2D eigenvalue weighted by molar-refractivity contribution is 6.34. The maximum absolute atomic E-state index is 12.0. The van der Waals surface area contributed by atoms with Gasteiger partial charge in [0.05, 0.1) is 24.1 Å². The minimum Gasteiger partial charge on any atom is -0.479 e. The van der Waals surface area contributed by atoms with Crippen LogP contribution in [0.15, 0.2) is 12.1 Å². The van der Waals surface area contributed by atoms with Crippen molar-refractivity contribution in [2.24, 2.45) is 5.92 Å². The first kappa shape index (κ1) is 23.4. The second-order valence-corrected chi connectivity index (χ2v) is 7.33. The van der Waals surface area contributed by atoms with Crippen molar-refractivity contribution in [3.63, 3.8) is 0 Å². The molecule has 1 amide bonds. The van der Waals surface area contributed by atoms with Crippen LogP contribution in [-0.2, 0) is 9.53 Å². The van der Waals surface area contributed by atoms with E-state index in [-0.39, 0.29) is 34.8 Å². The number of nitrogens with zero attached hydrogens (tertiary/aromatic N) is 3. The van der Waals surface area contributed by atoms with E-state index < -0.39 is 16.6 Å². The monoisotopic (exact) mass is 437 g/mol. The molecule has 1 heterocycles. The first-order chi connectivity index (χ1) is 14.2. The van der Waals surface area contributed by atoms with E-state index >= 15 is 0 Å². The number of amides is 1. The number of carbonyl (C=O) groups excluding carboxylic acids is 2. The second-order valence-electron chi connectivity index (χ2n) is 6.95. The van der Waals surface area contributed by atoms with Crippen molar-refractivity contribution < 1.29 is 24.0 Å². The van der Waals surface area contributed by atoms with Crippen LogP contribution in [0.2, 0.25) is 5.02 Å². The van der Waals surface area contributed by atoms with Gasteiger partial charge >= 0.3 is 5.97 Å². The van der Waals surface area contributed by atoms with E-state index in [1.807, 2.05) is 18.7 Å². The van der Waals surface area contributed by atoms with Crippen LogP contribution in [-0.4, -0.2) is 73.0 Å². The third-order valence-corrected chi connectivity index (χ3v) is 4.92. The topological polar surface area (TPSA) is 102 Å². The number of hydrogen-bond acceptors (Lipinski definition) is 7. The molecule has 1 saturated heterocycles. The molecule has 0 N–H and O–H groups in total. The highest BCUT2D eigenvalue weighted by atomic mass is 35.5. The summed E-state index contributed by atoms with van der Waals surface area (Å²) in [5, 5.41) is 10.9. The fourth-order valence-corrected chi connectivity index (χ4v) is 3.11. The maximum Gasteiger partial charge on any atom is 0.338 e. The number of rotatable bonds is 6. The molecule has 9 nitrogen and oxygen atoms in total. The van der Waals surface area contributed by atoms with E-state index in [2.05, 4.69) is 21.5 Å². The lowest BCUT2D eigenvalue weighted by Gasteiger charge is -2.34. The Hall–Kier alpha value is -2.83. The van der Waals surface area contributed by atoms with E-state index in [1.54, 1.807) is 0 Å². The average Bonchev–Trinajstić information content (AvgIpc) is 2.73. The SMILES string of the molecule is COC(=O)c1cc(OCC#CCN2CCN(C(=O)C(C)C)CC2)c(Cl)c([N+](=O)[O-])c1. The zero-order chi connectivity index (χ0) is 22.3. The molecule has 1 fully saturated rings. The Labute approximate surface area is 180 Å². The molecule has 0 radical (unpaired) electrons. The van der Waals surface area contributed by atoms with Gasteiger partial charge < -0.3 is 14.4 Å². The van der Waals surface area contributed by atoms with Gasteiger partial charge in [-0.25, -0.2) is 4.79 Å². The molecule has 2 rings (SSSR count). The largest absolute Gasteiger partial charge is 0.479 e. The lowest BCUT2D eigenvalue weighted by molar-refractivity contribution is -0.384. The Balaban J connectivity index is 1.91. The van der Waals surface area contributed by atoms with Crippen molar-refractivity contribution in [3.05, 3.63) is 32.8 Å². The van der Waals surface area contributed by atoms with Gasteiger partial charge in [-0.05, 0) is 6.07 Å². The number of ether oxygens (including phenoxy) is 2. The average molecular weight is 438 g/mol. The van der Waals surface area contributed by atoms with Crippen LogP contribution < -0.4 is 4.74 Å². The Bertz CT molecular complexity index is 869. The molecule has 0 saturated carbocycles. The van der Waals surface area contributed by atoms with Crippen molar-refractivity contribution in [3.8, 4) is 17.6 Å². The van der Waals surface area contributed by atoms with Crippen LogP contribution in [0.4, 0.5) is 5.69 Å². The van der Waals surface area contributed by atoms with Gasteiger partial charge in [0.2, 0.25) is 5.91 Å². The van der Waals surface area contributed by atoms with E-state index in [9.17, 15) is 19.7 Å². The number of halogens is 1. The normalized spacial score (nSPS) is 14.1. The molecular formula is C20H24ClN3O6. The highest BCUT2D eigenvalue weighted by Gasteiger charge is 2.23. The molecule has 10 heteroatoms. The van der Waals surface area contributed by atoms with E-state index in [0.717, 1.165) is 19.2 Å². The van der Waals surface area contributed by atoms with Crippen LogP contribution in [0.5, 0.6) is 5.75 Å². The number of piperazine rings is 1. The molecular weight excluding hydrogens is 414 g/mol. The van der Waals surface area contributed by atoms with Crippen LogP contribution >= 0.6 is 11.6 Å². The van der Waals surface area contributed by atoms with Crippen LogP contribution in [0, 0.1) is 27.9 Å². The number of benzene rings is 1. The van der Waals surface area contributed by atoms with Gasteiger partial charge in [0, 0.05) is 38.2 Å². The minimum absolute atomic E-state index is 0.00572. The third-order valence-electron chi connectivity index (χ3n) is 4.54. The number of hydrogen-bond donors (Lipinski definition) is 0. The summed E-state index contributed by atoms with van der Waals surface area (Å²) in [6, 6.07) is 2.32. The van der Waals surface area contributed by atoms with Gasteiger partial charge in [-0.2, -0.15) is 0 Å². The molecule has 0 spiro atoms. The van der Waals surface area contributed by atoms with Gasteiger partial charge in [0.1, 0.15) is 12.4 Å². The summed E-state index contributed by atoms with van der Waals surface area (Å²) in [4.78, 5) is 38.1. The fourth-order valence-electron chi connectivity index (χ4n) is 2.88. The summed E-state index contributed by atoms with van der Waals surface area (Å²) in [5.74, 6) is 5.22. The minimum atomic E-state index is -0.735. The molecule has 1 aromatic carbocycles. The molecule has 0 atom stereocenters. The van der Waals surface area contributed by atoms with Gasteiger partial charge in [0.25, 0.3) is 5.69 Å². The van der Waals surface area contributed by atoms with E-state index in [4.69, 9.17) is 16.3 Å². The van der Waals surface area contributed by atoms with Gasteiger partial charge in [0.15, 0.2) is 5.02 Å². The number of nitro groups is 1.